The van der Waals surface area contributed by atoms with Crippen molar-refractivity contribution >= 4 is 34.9 Å². The number of nitrogens with one attached hydrogen (secondary N) is 2. The van der Waals surface area contributed by atoms with Gasteiger partial charge in [-0.05, 0) is 25.1 Å². The van der Waals surface area contributed by atoms with Gasteiger partial charge in [-0.1, -0.05) is 18.2 Å². The zero-order valence-electron chi connectivity index (χ0n) is 10.4. The monoisotopic (exact) mass is 277 g/mol. The molecule has 0 radical (unpaired) electrons. The lowest BCUT2D eigenvalue weighted by Crippen LogP contribution is -2.24. The molecule has 1 aromatic heterocycles. The predicted molar refractivity (Wildman–Crippen MR) is 78.6 cm³/mol. The van der Waals surface area contributed by atoms with E-state index in [0.29, 0.717) is 0 Å². The number of hydrogen-bond acceptors (Lipinski definition) is 3. The Morgan fingerprint density at radius 1 is 1.37 bits per heavy atom. The number of fused-ring (bicyclic) bond motifs is 1. The highest BCUT2D eigenvalue weighted by atomic mass is 35.5. The molecule has 1 fully saturated rings. The van der Waals surface area contributed by atoms with E-state index in [2.05, 4.69) is 15.6 Å². The number of hydrogen-bond donors (Lipinski definition) is 2. The van der Waals surface area contributed by atoms with E-state index in [9.17, 15) is 4.79 Å². The van der Waals surface area contributed by atoms with Gasteiger partial charge in [-0.2, -0.15) is 0 Å². The van der Waals surface area contributed by atoms with Gasteiger partial charge in [0.2, 0.25) is 5.91 Å². The first-order valence-corrected chi connectivity index (χ1v) is 6.19. The molecule has 2 N–H and O–H groups in total. The summed E-state index contributed by atoms with van der Waals surface area (Å²) in [4.78, 5) is 16.3. The third kappa shape index (κ3) is 3.03. The fourth-order valence-corrected chi connectivity index (χ4v) is 2.26. The molecular weight excluding hydrogens is 262 g/mol. The van der Waals surface area contributed by atoms with Crippen LogP contribution in [0.15, 0.2) is 36.5 Å². The molecule has 2 aromatic rings. The number of nitrogens with zero attached hydrogens (tertiary/aromatic N) is 1. The maximum atomic E-state index is 12.0. The van der Waals surface area contributed by atoms with Crippen molar-refractivity contribution < 1.29 is 4.79 Å². The van der Waals surface area contributed by atoms with Crippen molar-refractivity contribution in [3.05, 3.63) is 36.5 Å². The Kier molecular flexibility index (Phi) is 4.35. The number of rotatable bonds is 2. The van der Waals surface area contributed by atoms with E-state index in [4.69, 9.17) is 0 Å². The van der Waals surface area contributed by atoms with Gasteiger partial charge in [0.05, 0.1) is 23.3 Å². The molecule has 3 rings (SSSR count). The van der Waals surface area contributed by atoms with Gasteiger partial charge >= 0.3 is 0 Å². The molecule has 1 aliphatic rings. The first kappa shape index (κ1) is 13.8. The van der Waals surface area contributed by atoms with Gasteiger partial charge in [0, 0.05) is 11.9 Å². The third-order valence-corrected chi connectivity index (χ3v) is 3.29. The molecule has 19 heavy (non-hydrogen) atoms. The van der Waals surface area contributed by atoms with E-state index in [-0.39, 0.29) is 24.2 Å². The average molecular weight is 278 g/mol. The predicted octanol–water partition coefficient (Wildman–Crippen LogP) is 2.20. The second-order valence-electron chi connectivity index (χ2n) is 4.60. The molecule has 1 aliphatic heterocycles. The Bertz CT molecular complexity index is 582. The van der Waals surface area contributed by atoms with E-state index >= 15 is 0 Å². The number of anilines is 1. The number of halogens is 1. The zero-order chi connectivity index (χ0) is 12.4. The lowest BCUT2D eigenvalue weighted by molar-refractivity contribution is -0.119. The van der Waals surface area contributed by atoms with Crippen molar-refractivity contribution in [3.8, 4) is 0 Å². The van der Waals surface area contributed by atoms with Gasteiger partial charge in [-0.25, -0.2) is 0 Å². The first-order chi connectivity index (χ1) is 8.83. The van der Waals surface area contributed by atoms with Crippen LogP contribution < -0.4 is 10.6 Å². The zero-order valence-corrected chi connectivity index (χ0v) is 11.2. The van der Waals surface area contributed by atoms with Crippen molar-refractivity contribution in [2.75, 3.05) is 18.4 Å². The molecule has 0 bridgehead atoms. The molecule has 0 unspecified atom stereocenters. The van der Waals surface area contributed by atoms with Crippen LogP contribution in [0.2, 0.25) is 0 Å². The molecule has 1 amide bonds. The minimum Gasteiger partial charge on any atom is -0.324 e. The fraction of sp³-hybridized carbons (Fsp3) is 0.286. The highest BCUT2D eigenvalue weighted by molar-refractivity contribution is 5.94. The van der Waals surface area contributed by atoms with Crippen LogP contribution in [0.25, 0.3) is 10.9 Å². The van der Waals surface area contributed by atoms with Crippen LogP contribution in [0.5, 0.6) is 0 Å². The van der Waals surface area contributed by atoms with Crippen LogP contribution in [0.3, 0.4) is 0 Å². The topological polar surface area (TPSA) is 54.0 Å². The van der Waals surface area contributed by atoms with Gasteiger partial charge < -0.3 is 10.6 Å². The van der Waals surface area contributed by atoms with Crippen LogP contribution in [-0.4, -0.2) is 24.0 Å². The quantitative estimate of drug-likeness (QED) is 0.885. The highest BCUT2D eigenvalue weighted by Gasteiger charge is 2.22. The lowest BCUT2D eigenvalue weighted by Gasteiger charge is -2.10. The van der Waals surface area contributed by atoms with E-state index in [1.54, 1.807) is 6.20 Å². The van der Waals surface area contributed by atoms with Crippen LogP contribution in [0.4, 0.5) is 5.69 Å². The Labute approximate surface area is 118 Å². The van der Waals surface area contributed by atoms with Crippen LogP contribution in [0, 0.1) is 5.92 Å². The number of para-hydroxylation sites is 1. The van der Waals surface area contributed by atoms with Gasteiger partial charge in [0.25, 0.3) is 0 Å². The second kappa shape index (κ2) is 5.99. The number of carbonyl (C=O) groups excluding carboxylic acids is 1. The molecule has 0 saturated carbocycles. The number of benzene rings is 1. The smallest absolute Gasteiger partial charge is 0.228 e. The molecule has 5 heteroatoms. The summed E-state index contributed by atoms with van der Waals surface area (Å²) in [6, 6.07) is 9.84. The molecule has 0 spiro atoms. The molecular formula is C14H16ClN3O. The Balaban J connectivity index is 0.00000133. The molecule has 1 aromatic carbocycles. The summed E-state index contributed by atoms with van der Waals surface area (Å²) >= 11 is 0. The van der Waals surface area contributed by atoms with Gasteiger partial charge in [0.15, 0.2) is 0 Å². The molecule has 0 aliphatic carbocycles. The van der Waals surface area contributed by atoms with Crippen LogP contribution in [-0.2, 0) is 4.79 Å². The summed E-state index contributed by atoms with van der Waals surface area (Å²) in [5, 5.41) is 7.17. The number of pyridine rings is 1. The molecule has 100 valence electrons. The van der Waals surface area contributed by atoms with E-state index in [1.807, 2.05) is 30.3 Å². The molecule has 4 nitrogen and oxygen atoms in total. The average Bonchev–Trinajstić information content (AvgIpc) is 2.92. The highest BCUT2D eigenvalue weighted by Crippen LogP contribution is 2.17. The van der Waals surface area contributed by atoms with E-state index < -0.39 is 0 Å². The maximum Gasteiger partial charge on any atom is 0.228 e. The van der Waals surface area contributed by atoms with Crippen molar-refractivity contribution in [2.24, 2.45) is 5.92 Å². The van der Waals surface area contributed by atoms with E-state index in [0.717, 1.165) is 36.1 Å². The first-order valence-electron chi connectivity index (χ1n) is 6.19. The summed E-state index contributed by atoms with van der Waals surface area (Å²) in [5.41, 5.74) is 1.71. The summed E-state index contributed by atoms with van der Waals surface area (Å²) in [5.74, 6) is 0.161. The summed E-state index contributed by atoms with van der Waals surface area (Å²) in [6.45, 7) is 1.70. The number of amides is 1. The molecule has 1 atom stereocenters. The minimum absolute atomic E-state index is 0. The fourth-order valence-electron chi connectivity index (χ4n) is 2.26. The minimum atomic E-state index is 0. The third-order valence-electron chi connectivity index (χ3n) is 3.29. The molecule has 1 saturated heterocycles. The van der Waals surface area contributed by atoms with Gasteiger partial charge in [-0.15, -0.1) is 12.4 Å². The SMILES string of the molecule is Cl.O=C(Nc1cnc2ccccc2c1)[C@@H]1CCNC1. The standard InChI is InChI=1S/C14H15N3O.ClH/c18-14(11-5-6-15-8-11)17-12-7-10-3-1-2-4-13(10)16-9-12;/h1-4,7,9,11,15H,5-6,8H2,(H,17,18);1H/t11-;/m1./s1. The number of aromatic nitrogens is 1. The second-order valence-corrected chi connectivity index (χ2v) is 4.60. The van der Waals surface area contributed by atoms with Crippen molar-refractivity contribution in [2.45, 2.75) is 6.42 Å². The summed E-state index contributed by atoms with van der Waals surface area (Å²) in [7, 11) is 0. The molecule has 2 heterocycles. The largest absolute Gasteiger partial charge is 0.324 e. The van der Waals surface area contributed by atoms with Crippen molar-refractivity contribution in [3.63, 3.8) is 0 Å². The Hall–Kier alpha value is -1.65. The maximum absolute atomic E-state index is 12.0. The van der Waals surface area contributed by atoms with E-state index in [1.165, 1.54) is 0 Å². The van der Waals surface area contributed by atoms with Crippen LogP contribution >= 0.6 is 12.4 Å². The van der Waals surface area contributed by atoms with Gasteiger partial charge in [-0.3, -0.25) is 9.78 Å². The van der Waals surface area contributed by atoms with Crippen molar-refractivity contribution in [1.29, 1.82) is 0 Å². The Morgan fingerprint density at radius 2 is 2.21 bits per heavy atom. The van der Waals surface area contributed by atoms with Crippen molar-refractivity contribution in [1.82, 2.24) is 10.3 Å². The normalized spacial score (nSPS) is 18.0. The summed E-state index contributed by atoms with van der Waals surface area (Å²) < 4.78 is 0. The number of carbonyl (C=O) groups is 1. The Morgan fingerprint density at radius 3 is 3.00 bits per heavy atom. The van der Waals surface area contributed by atoms with Gasteiger partial charge in [0.1, 0.15) is 0 Å². The lowest BCUT2D eigenvalue weighted by atomic mass is 10.1. The summed E-state index contributed by atoms with van der Waals surface area (Å²) in [6.07, 6.45) is 2.62. The van der Waals surface area contributed by atoms with Crippen LogP contribution in [0.1, 0.15) is 6.42 Å².